The summed E-state index contributed by atoms with van der Waals surface area (Å²) in [5.41, 5.74) is 3.45. The van der Waals surface area contributed by atoms with E-state index in [9.17, 15) is 4.79 Å². The fourth-order valence-corrected chi connectivity index (χ4v) is 4.08. The highest BCUT2D eigenvalue weighted by molar-refractivity contribution is 5.93. The third-order valence-corrected chi connectivity index (χ3v) is 5.74. The Morgan fingerprint density at radius 2 is 1.59 bits per heavy atom. The number of para-hydroxylation sites is 1. The van der Waals surface area contributed by atoms with Crippen molar-refractivity contribution in [1.29, 1.82) is 0 Å². The summed E-state index contributed by atoms with van der Waals surface area (Å²) >= 11 is 0. The molecule has 5 nitrogen and oxygen atoms in total. The van der Waals surface area contributed by atoms with Crippen LogP contribution in [0.1, 0.15) is 43.2 Å². The molecule has 2 aromatic rings. The van der Waals surface area contributed by atoms with Gasteiger partial charge in [-0.3, -0.25) is 4.79 Å². The van der Waals surface area contributed by atoms with Crippen molar-refractivity contribution in [3.8, 4) is 0 Å². The van der Waals surface area contributed by atoms with Crippen LogP contribution in [0, 0.1) is 0 Å². The Morgan fingerprint density at radius 3 is 2.31 bits per heavy atom. The van der Waals surface area contributed by atoms with Crippen LogP contribution in [0.5, 0.6) is 0 Å². The van der Waals surface area contributed by atoms with Crippen molar-refractivity contribution in [2.24, 2.45) is 4.99 Å². The predicted octanol–water partition coefficient (Wildman–Crippen LogP) is 4.26. The number of hydrogen-bond acceptors (Lipinski definition) is 2. The molecule has 2 aromatic carbocycles. The van der Waals surface area contributed by atoms with Gasteiger partial charge in [0.15, 0.2) is 5.96 Å². The van der Waals surface area contributed by atoms with E-state index in [1.165, 1.54) is 30.4 Å². The van der Waals surface area contributed by atoms with Crippen LogP contribution < -0.4 is 5.32 Å². The average molecular weight is 391 g/mol. The van der Waals surface area contributed by atoms with Gasteiger partial charge in [0, 0.05) is 38.3 Å². The molecule has 1 amide bonds. The molecule has 29 heavy (non-hydrogen) atoms. The molecular formula is C24H30N4O. The smallest absolute Gasteiger partial charge is 0.222 e. The number of aliphatic imine (C=N–C) groups is 1. The van der Waals surface area contributed by atoms with Crippen molar-refractivity contribution in [1.82, 2.24) is 9.80 Å². The highest BCUT2D eigenvalue weighted by Crippen LogP contribution is 2.19. The summed E-state index contributed by atoms with van der Waals surface area (Å²) in [7, 11) is 0. The Hall–Kier alpha value is -2.82. The van der Waals surface area contributed by atoms with E-state index in [0.717, 1.165) is 37.7 Å². The number of carbonyl (C=O) groups excluding carboxylic acids is 1. The number of rotatable bonds is 5. The number of piperidine rings is 1. The van der Waals surface area contributed by atoms with Gasteiger partial charge in [-0.05, 0) is 48.9 Å². The second kappa shape index (κ2) is 9.59. The van der Waals surface area contributed by atoms with E-state index in [-0.39, 0.29) is 5.91 Å². The molecule has 0 bridgehead atoms. The average Bonchev–Trinajstić information content (AvgIpc) is 3.18. The lowest BCUT2D eigenvalue weighted by molar-refractivity contribution is -0.128. The fourth-order valence-electron chi connectivity index (χ4n) is 4.08. The molecule has 152 valence electrons. The van der Waals surface area contributed by atoms with Crippen molar-refractivity contribution in [3.05, 3.63) is 65.7 Å². The molecule has 2 aliphatic heterocycles. The number of anilines is 1. The first-order valence-corrected chi connectivity index (χ1v) is 10.8. The molecule has 1 N–H and O–H groups in total. The van der Waals surface area contributed by atoms with Gasteiger partial charge < -0.3 is 15.1 Å². The van der Waals surface area contributed by atoms with Crippen LogP contribution in [0.3, 0.4) is 0 Å². The summed E-state index contributed by atoms with van der Waals surface area (Å²) in [6.45, 7) is 4.26. The van der Waals surface area contributed by atoms with E-state index in [0.29, 0.717) is 19.5 Å². The molecule has 4 rings (SSSR count). The third-order valence-electron chi connectivity index (χ3n) is 5.74. The van der Waals surface area contributed by atoms with E-state index in [2.05, 4.69) is 46.6 Å². The van der Waals surface area contributed by atoms with E-state index in [1.807, 2.05) is 23.1 Å². The minimum Gasteiger partial charge on any atom is -0.343 e. The standard InChI is InChI=1S/C24H30N4O/c29-23-14-9-17-28(23)19-21-11-6-5-10-20(21)18-25-24(27-15-7-2-8-16-27)26-22-12-3-1-4-13-22/h1,3-6,10-13H,2,7-9,14-19H2,(H,25,26). The van der Waals surface area contributed by atoms with Gasteiger partial charge in [0.05, 0.1) is 6.54 Å². The summed E-state index contributed by atoms with van der Waals surface area (Å²) in [5.74, 6) is 1.21. The first-order chi connectivity index (χ1) is 14.3. The molecule has 0 unspecified atom stereocenters. The second-order valence-corrected chi connectivity index (χ2v) is 7.87. The number of nitrogens with one attached hydrogen (secondary N) is 1. The number of amides is 1. The summed E-state index contributed by atoms with van der Waals surface area (Å²) in [4.78, 5) is 21.4. The monoisotopic (exact) mass is 390 g/mol. The SMILES string of the molecule is O=C1CCCN1Cc1ccccc1CN=C(Nc1ccccc1)N1CCCCC1. The Bertz CT molecular complexity index is 843. The van der Waals surface area contributed by atoms with Gasteiger partial charge in [0.1, 0.15) is 0 Å². The van der Waals surface area contributed by atoms with Gasteiger partial charge in [-0.25, -0.2) is 4.99 Å². The zero-order valence-corrected chi connectivity index (χ0v) is 17.0. The molecule has 2 fully saturated rings. The second-order valence-electron chi connectivity index (χ2n) is 7.87. The minimum atomic E-state index is 0.267. The van der Waals surface area contributed by atoms with Crippen molar-refractivity contribution < 1.29 is 4.79 Å². The van der Waals surface area contributed by atoms with Gasteiger partial charge in [-0.2, -0.15) is 0 Å². The number of carbonyl (C=O) groups is 1. The number of guanidine groups is 1. The van der Waals surface area contributed by atoms with E-state index >= 15 is 0 Å². The van der Waals surface area contributed by atoms with Gasteiger partial charge >= 0.3 is 0 Å². The van der Waals surface area contributed by atoms with Crippen LogP contribution >= 0.6 is 0 Å². The maximum Gasteiger partial charge on any atom is 0.222 e. The lowest BCUT2D eigenvalue weighted by atomic mass is 10.1. The molecule has 2 heterocycles. The number of benzene rings is 2. The largest absolute Gasteiger partial charge is 0.343 e. The molecule has 0 atom stereocenters. The molecule has 2 aliphatic rings. The molecule has 2 saturated heterocycles. The first kappa shape index (κ1) is 19.5. The van der Waals surface area contributed by atoms with Gasteiger partial charge in [-0.1, -0.05) is 42.5 Å². The van der Waals surface area contributed by atoms with E-state index in [4.69, 9.17) is 4.99 Å². The van der Waals surface area contributed by atoms with Crippen molar-refractivity contribution in [2.75, 3.05) is 25.0 Å². The molecule has 0 saturated carbocycles. The maximum atomic E-state index is 12.0. The van der Waals surface area contributed by atoms with E-state index < -0.39 is 0 Å². The molecule has 5 heteroatoms. The molecule has 0 aliphatic carbocycles. The fraction of sp³-hybridized carbons (Fsp3) is 0.417. The molecule has 0 spiro atoms. The van der Waals surface area contributed by atoms with Gasteiger partial charge in [0.25, 0.3) is 0 Å². The zero-order valence-electron chi connectivity index (χ0n) is 17.0. The van der Waals surface area contributed by atoms with Crippen molar-refractivity contribution in [2.45, 2.75) is 45.2 Å². The summed E-state index contributed by atoms with van der Waals surface area (Å²) in [6, 6.07) is 18.6. The predicted molar refractivity (Wildman–Crippen MR) is 118 cm³/mol. The molecule has 0 aromatic heterocycles. The Kier molecular flexibility index (Phi) is 6.45. The topological polar surface area (TPSA) is 47.9 Å². The van der Waals surface area contributed by atoms with Crippen molar-refractivity contribution in [3.63, 3.8) is 0 Å². The summed E-state index contributed by atoms with van der Waals surface area (Å²) in [6.07, 6.45) is 5.37. The van der Waals surface area contributed by atoms with Crippen LogP contribution in [0.4, 0.5) is 5.69 Å². The van der Waals surface area contributed by atoms with Gasteiger partial charge in [-0.15, -0.1) is 0 Å². The molecule has 0 radical (unpaired) electrons. The molecular weight excluding hydrogens is 360 g/mol. The normalized spacial score (nSPS) is 17.7. The van der Waals surface area contributed by atoms with Gasteiger partial charge in [0.2, 0.25) is 5.91 Å². The van der Waals surface area contributed by atoms with Crippen LogP contribution in [-0.2, 0) is 17.9 Å². The van der Waals surface area contributed by atoms with E-state index in [1.54, 1.807) is 0 Å². The van der Waals surface area contributed by atoms with Crippen LogP contribution in [-0.4, -0.2) is 41.3 Å². The Morgan fingerprint density at radius 1 is 0.862 bits per heavy atom. The Labute approximate surface area is 173 Å². The maximum absolute atomic E-state index is 12.0. The highest BCUT2D eigenvalue weighted by atomic mass is 16.2. The minimum absolute atomic E-state index is 0.267. The first-order valence-electron chi connectivity index (χ1n) is 10.8. The Balaban J connectivity index is 1.52. The van der Waals surface area contributed by atoms with Crippen LogP contribution in [0.2, 0.25) is 0 Å². The summed E-state index contributed by atoms with van der Waals surface area (Å²) in [5, 5.41) is 3.53. The quantitative estimate of drug-likeness (QED) is 0.613. The summed E-state index contributed by atoms with van der Waals surface area (Å²) < 4.78 is 0. The van der Waals surface area contributed by atoms with Crippen molar-refractivity contribution >= 4 is 17.6 Å². The highest BCUT2D eigenvalue weighted by Gasteiger charge is 2.21. The van der Waals surface area contributed by atoms with Crippen LogP contribution in [0.25, 0.3) is 0 Å². The third kappa shape index (κ3) is 5.17. The number of hydrogen-bond donors (Lipinski definition) is 1. The van der Waals surface area contributed by atoms with Crippen LogP contribution in [0.15, 0.2) is 59.6 Å². The lowest BCUT2D eigenvalue weighted by Crippen LogP contribution is -2.40. The lowest BCUT2D eigenvalue weighted by Gasteiger charge is -2.30. The number of likely N-dealkylation sites (tertiary alicyclic amines) is 2. The number of nitrogens with zero attached hydrogens (tertiary/aromatic N) is 3. The zero-order chi connectivity index (χ0) is 19.9.